The summed E-state index contributed by atoms with van der Waals surface area (Å²) in [6, 6.07) is 28.1. The van der Waals surface area contributed by atoms with Gasteiger partial charge in [-0.05, 0) is 60.1 Å². The van der Waals surface area contributed by atoms with Crippen molar-refractivity contribution >= 4 is 23.9 Å². The minimum absolute atomic E-state index is 0.113. The van der Waals surface area contributed by atoms with E-state index in [0.717, 1.165) is 32.6 Å². The van der Waals surface area contributed by atoms with Crippen LogP contribution < -0.4 is 42.7 Å². The Bertz CT molecular complexity index is 2250. The van der Waals surface area contributed by atoms with Crippen molar-refractivity contribution in [3.05, 3.63) is 142 Å². The van der Waals surface area contributed by atoms with Crippen molar-refractivity contribution in [2.75, 3.05) is 27.2 Å². The lowest BCUT2D eigenvalue weighted by Gasteiger charge is -2.35. The molecule has 16 heteroatoms. The lowest BCUT2D eigenvalue weighted by Crippen LogP contribution is -2.62. The number of carbonyl (C=O) groups is 4. The lowest BCUT2D eigenvalue weighted by atomic mass is 9.90. The Morgan fingerprint density at radius 2 is 0.797 bits per heavy atom. The number of aliphatic hydroxyl groups is 2. The molecule has 0 saturated heterocycles. The van der Waals surface area contributed by atoms with E-state index >= 15 is 0 Å². The molecule has 64 heavy (non-hydrogen) atoms. The van der Waals surface area contributed by atoms with E-state index in [2.05, 4.69) is 41.2 Å². The molecular weight excluding hydrogens is 813 g/mol. The molecule has 2 heterocycles. The second-order valence-corrected chi connectivity index (χ2v) is 17.1. The summed E-state index contributed by atoms with van der Waals surface area (Å²) in [6.45, 7) is 7.56. The van der Waals surface area contributed by atoms with E-state index in [0.29, 0.717) is 0 Å². The standard InChI is InChI=1S/C48H60N10O6/c1-29(2)41(55-47(63)57(5)27-39-49-33-21-13-14-22-34(33)50-39)45(61)53-37(25-31-17-9-7-10-18-31)43(59)44(60)38(26-32-19-11-8-12-20-32)54-46(62)42(30(3)4)56-48(64)58(6)28-40-51-35-23-15-16-24-36(35)52-40/h7-24,29-30,37-44,59-60H,25-28H2,1-6H3,(H,53,61)(H,54,62)(H,55,63)(H,56,64)/t37-,38-,41-,42-,43-,44+/m0/s1. The zero-order valence-corrected chi connectivity index (χ0v) is 37.2. The number of hydrogen-bond donors (Lipinski definition) is 6. The van der Waals surface area contributed by atoms with Crippen molar-refractivity contribution in [2.45, 2.75) is 89.2 Å². The third-order valence-electron chi connectivity index (χ3n) is 11.4. The van der Waals surface area contributed by atoms with Gasteiger partial charge in [-0.25, -0.2) is 9.59 Å². The highest BCUT2D eigenvalue weighted by Crippen LogP contribution is 2.17. The van der Waals surface area contributed by atoms with Crippen LogP contribution in [-0.4, -0.2) is 120 Å². The SMILES string of the molecule is CC(C)[C@H](NC(=O)N(C)CC1N=c2ccccc2=N1)C(=O)N[C@@H](Cc1ccccc1)[C@H](O)[C@H](O)[C@H](Cc1ccccc1)NC(=O)[C@@H](NC(=O)N(C)CC1N=c2ccccc2=N1)C(C)C. The fraction of sp³-hybridized carbons (Fsp3) is 0.417. The Balaban J connectivity index is 1.17. The van der Waals surface area contributed by atoms with Gasteiger partial charge < -0.3 is 41.3 Å². The second kappa shape index (κ2) is 21.7. The first-order valence-corrected chi connectivity index (χ1v) is 21.8. The summed E-state index contributed by atoms with van der Waals surface area (Å²) in [7, 11) is 3.21. The predicted octanol–water partition coefficient (Wildman–Crippen LogP) is 1.05. The number of benzene rings is 4. The van der Waals surface area contributed by atoms with Crippen molar-refractivity contribution in [2.24, 2.45) is 31.8 Å². The van der Waals surface area contributed by atoms with Crippen LogP contribution >= 0.6 is 0 Å². The molecule has 6 amide bonds. The van der Waals surface area contributed by atoms with E-state index in [1.54, 1.807) is 41.8 Å². The fourth-order valence-corrected chi connectivity index (χ4v) is 7.71. The Kier molecular flexibility index (Phi) is 15.9. The van der Waals surface area contributed by atoms with Crippen LogP contribution in [0, 0.1) is 11.8 Å². The van der Waals surface area contributed by atoms with Crippen LogP contribution in [0.2, 0.25) is 0 Å². The predicted molar refractivity (Wildman–Crippen MR) is 241 cm³/mol. The highest BCUT2D eigenvalue weighted by atomic mass is 16.3. The number of urea groups is 2. The summed E-state index contributed by atoms with van der Waals surface area (Å²) in [5.74, 6) is -1.87. The van der Waals surface area contributed by atoms with Gasteiger partial charge in [0.15, 0.2) is 12.3 Å². The summed E-state index contributed by atoms with van der Waals surface area (Å²) >= 11 is 0. The fourth-order valence-electron chi connectivity index (χ4n) is 7.71. The van der Waals surface area contributed by atoms with Crippen molar-refractivity contribution in [3.8, 4) is 0 Å². The monoisotopic (exact) mass is 872 g/mol. The quantitative estimate of drug-likeness (QED) is 0.0811. The van der Waals surface area contributed by atoms with Gasteiger partial charge in [0.1, 0.15) is 24.3 Å². The molecule has 4 aromatic rings. The molecule has 0 aliphatic carbocycles. The number of fused-ring (bicyclic) bond motifs is 2. The molecule has 0 bridgehead atoms. The Morgan fingerprint density at radius 1 is 0.500 bits per heavy atom. The lowest BCUT2D eigenvalue weighted by molar-refractivity contribution is -0.129. The molecule has 0 radical (unpaired) electrons. The van der Waals surface area contributed by atoms with Crippen LogP contribution in [-0.2, 0) is 22.4 Å². The summed E-state index contributed by atoms with van der Waals surface area (Å²) in [5.41, 5.74) is 1.54. The molecule has 2 aliphatic heterocycles. The Morgan fingerprint density at radius 3 is 1.09 bits per heavy atom. The topological polar surface area (TPSA) is 213 Å². The van der Waals surface area contributed by atoms with Crippen LogP contribution in [0.3, 0.4) is 0 Å². The molecule has 0 unspecified atom stereocenters. The maximum absolute atomic E-state index is 14.2. The van der Waals surface area contributed by atoms with Gasteiger partial charge in [-0.15, -0.1) is 0 Å². The first-order valence-electron chi connectivity index (χ1n) is 21.8. The van der Waals surface area contributed by atoms with Crippen molar-refractivity contribution in [1.82, 2.24) is 31.1 Å². The Hall–Kier alpha value is -6.52. The largest absolute Gasteiger partial charge is 0.388 e. The van der Waals surface area contributed by atoms with Gasteiger partial charge in [-0.2, -0.15) is 0 Å². The number of aliphatic hydroxyl groups excluding tert-OH is 2. The van der Waals surface area contributed by atoms with E-state index in [-0.39, 0.29) is 37.8 Å². The number of amides is 6. The molecule has 6 N–H and O–H groups in total. The van der Waals surface area contributed by atoms with Gasteiger partial charge in [0.2, 0.25) is 11.8 Å². The van der Waals surface area contributed by atoms with Gasteiger partial charge >= 0.3 is 12.1 Å². The molecule has 0 spiro atoms. The van der Waals surface area contributed by atoms with E-state index < -0.39 is 72.6 Å². The number of hydrogen-bond acceptors (Lipinski definition) is 10. The van der Waals surface area contributed by atoms with E-state index in [4.69, 9.17) is 0 Å². The highest BCUT2D eigenvalue weighted by Gasteiger charge is 2.38. The highest BCUT2D eigenvalue weighted by molar-refractivity contribution is 5.88. The zero-order valence-electron chi connectivity index (χ0n) is 37.2. The first kappa shape index (κ1) is 47.0. The number of nitrogens with zero attached hydrogens (tertiary/aromatic N) is 6. The molecule has 338 valence electrons. The average molecular weight is 873 g/mol. The number of likely N-dealkylation sites (N-methyl/N-ethyl adjacent to an activating group) is 2. The van der Waals surface area contributed by atoms with Gasteiger partial charge in [0, 0.05) is 14.1 Å². The van der Waals surface area contributed by atoms with Crippen LogP contribution in [0.4, 0.5) is 9.59 Å². The van der Waals surface area contributed by atoms with Crippen LogP contribution in [0.5, 0.6) is 0 Å². The summed E-state index contributed by atoms with van der Waals surface area (Å²) in [5, 5.41) is 38.8. The van der Waals surface area contributed by atoms with Crippen LogP contribution in [0.25, 0.3) is 0 Å². The molecule has 6 atom stereocenters. The molecule has 4 aromatic carbocycles. The van der Waals surface area contributed by atoms with Gasteiger partial charge in [0.25, 0.3) is 0 Å². The zero-order chi connectivity index (χ0) is 45.9. The normalized spacial score (nSPS) is 16.0. The van der Waals surface area contributed by atoms with Gasteiger partial charge in [0.05, 0.1) is 46.6 Å². The third kappa shape index (κ3) is 12.3. The van der Waals surface area contributed by atoms with E-state index in [1.807, 2.05) is 109 Å². The molecular formula is C48H60N10O6. The van der Waals surface area contributed by atoms with Gasteiger partial charge in [-0.3, -0.25) is 29.6 Å². The maximum Gasteiger partial charge on any atom is 0.317 e. The van der Waals surface area contributed by atoms with Crippen molar-refractivity contribution < 1.29 is 29.4 Å². The van der Waals surface area contributed by atoms with E-state index in [1.165, 1.54) is 9.80 Å². The van der Waals surface area contributed by atoms with Gasteiger partial charge in [-0.1, -0.05) is 113 Å². The smallest absolute Gasteiger partial charge is 0.317 e. The number of nitrogens with one attached hydrogen (secondary N) is 4. The third-order valence-corrected chi connectivity index (χ3v) is 11.4. The second-order valence-electron chi connectivity index (χ2n) is 17.1. The molecule has 0 saturated carbocycles. The minimum atomic E-state index is -1.61. The molecule has 0 fully saturated rings. The summed E-state index contributed by atoms with van der Waals surface area (Å²) in [6.07, 6.45) is -3.98. The average Bonchev–Trinajstić information content (AvgIpc) is 3.89. The molecule has 2 aliphatic rings. The van der Waals surface area contributed by atoms with Crippen LogP contribution in [0.15, 0.2) is 129 Å². The molecule has 6 rings (SSSR count). The van der Waals surface area contributed by atoms with Crippen molar-refractivity contribution in [1.29, 1.82) is 0 Å². The van der Waals surface area contributed by atoms with E-state index in [9.17, 15) is 29.4 Å². The summed E-state index contributed by atoms with van der Waals surface area (Å²) in [4.78, 5) is 76.6. The van der Waals surface area contributed by atoms with Crippen molar-refractivity contribution in [3.63, 3.8) is 0 Å². The molecule has 16 nitrogen and oxygen atoms in total. The number of carbonyl (C=O) groups excluding carboxylic acids is 4. The summed E-state index contributed by atoms with van der Waals surface area (Å²) < 4.78 is 0. The number of rotatable bonds is 19. The molecule has 0 aromatic heterocycles. The Labute approximate surface area is 373 Å². The van der Waals surface area contributed by atoms with Crippen LogP contribution in [0.1, 0.15) is 38.8 Å². The number of para-hydroxylation sites is 4. The first-order chi connectivity index (χ1) is 30.7. The maximum atomic E-state index is 14.2. The minimum Gasteiger partial charge on any atom is -0.388 e.